The Hall–Kier alpha value is -1.92. The van der Waals surface area contributed by atoms with Gasteiger partial charge in [0.1, 0.15) is 6.54 Å². The molecule has 0 aromatic carbocycles. The van der Waals surface area contributed by atoms with Crippen molar-refractivity contribution in [2.24, 2.45) is 11.8 Å². The van der Waals surface area contributed by atoms with E-state index >= 15 is 0 Å². The molecule has 2 aliphatic rings. The standard InChI is InChI=1S/C16H25N3O4/c1-10(2)8-17-13(20)9-18-14(21)15(22)19(16(18)23)12-7-5-4-6-11(12)3/h10-12H,4-9H2,1-3H3,(H,17,20)/t11-,12-/m0/s1. The van der Waals surface area contributed by atoms with E-state index in [0.717, 1.165) is 35.5 Å². The van der Waals surface area contributed by atoms with Gasteiger partial charge in [-0.25, -0.2) is 9.69 Å². The second-order valence-electron chi connectivity index (χ2n) is 6.88. The van der Waals surface area contributed by atoms with Crippen LogP contribution in [0.2, 0.25) is 0 Å². The average molecular weight is 323 g/mol. The number of carbonyl (C=O) groups is 4. The molecule has 7 heteroatoms. The Morgan fingerprint density at radius 1 is 1.17 bits per heavy atom. The lowest BCUT2D eigenvalue weighted by Gasteiger charge is -2.34. The highest BCUT2D eigenvalue weighted by Crippen LogP contribution is 2.31. The molecule has 2 atom stereocenters. The van der Waals surface area contributed by atoms with Gasteiger partial charge in [-0.1, -0.05) is 33.6 Å². The van der Waals surface area contributed by atoms with Crippen LogP contribution in [-0.4, -0.2) is 52.7 Å². The fourth-order valence-corrected chi connectivity index (χ4v) is 3.15. The van der Waals surface area contributed by atoms with E-state index in [4.69, 9.17) is 0 Å². The molecule has 0 aromatic rings. The molecule has 1 N–H and O–H groups in total. The van der Waals surface area contributed by atoms with Crippen LogP contribution >= 0.6 is 0 Å². The normalized spacial score (nSPS) is 25.5. The van der Waals surface area contributed by atoms with Gasteiger partial charge in [0, 0.05) is 12.6 Å². The fraction of sp³-hybridized carbons (Fsp3) is 0.750. The summed E-state index contributed by atoms with van der Waals surface area (Å²) in [7, 11) is 0. The van der Waals surface area contributed by atoms with Gasteiger partial charge >= 0.3 is 17.8 Å². The van der Waals surface area contributed by atoms with Gasteiger partial charge in [-0.05, 0) is 24.7 Å². The lowest BCUT2D eigenvalue weighted by molar-refractivity contribution is -0.145. The van der Waals surface area contributed by atoms with E-state index < -0.39 is 30.3 Å². The van der Waals surface area contributed by atoms with Crippen molar-refractivity contribution in [3.8, 4) is 0 Å². The highest BCUT2D eigenvalue weighted by atomic mass is 16.2. The molecule has 1 aliphatic carbocycles. The van der Waals surface area contributed by atoms with E-state index in [1.165, 1.54) is 0 Å². The SMILES string of the molecule is CC(C)CNC(=O)CN1C(=O)C(=O)N([C@H]2CCCC[C@@H]2C)C1=O. The Balaban J connectivity index is 2.05. The van der Waals surface area contributed by atoms with Crippen LogP contribution in [0.3, 0.4) is 0 Å². The highest BCUT2D eigenvalue weighted by Gasteiger charge is 2.49. The van der Waals surface area contributed by atoms with Crippen molar-refractivity contribution in [3.05, 3.63) is 0 Å². The Labute approximate surface area is 136 Å². The molecule has 0 unspecified atom stereocenters. The number of amides is 5. The van der Waals surface area contributed by atoms with Crippen molar-refractivity contribution in [1.82, 2.24) is 15.1 Å². The van der Waals surface area contributed by atoms with Crippen LogP contribution in [0.4, 0.5) is 4.79 Å². The number of hydrogen-bond acceptors (Lipinski definition) is 4. The Bertz CT molecular complexity index is 517. The minimum absolute atomic E-state index is 0.180. The van der Waals surface area contributed by atoms with E-state index in [1.54, 1.807) is 0 Å². The lowest BCUT2D eigenvalue weighted by atomic mass is 9.85. The van der Waals surface area contributed by atoms with E-state index in [-0.39, 0.29) is 17.9 Å². The number of imide groups is 2. The maximum absolute atomic E-state index is 12.5. The van der Waals surface area contributed by atoms with Crippen molar-refractivity contribution in [3.63, 3.8) is 0 Å². The lowest BCUT2D eigenvalue weighted by Crippen LogP contribution is -2.47. The summed E-state index contributed by atoms with van der Waals surface area (Å²) in [5.41, 5.74) is 0. The molecule has 128 valence electrons. The van der Waals surface area contributed by atoms with Gasteiger partial charge in [0.15, 0.2) is 0 Å². The minimum atomic E-state index is -0.896. The maximum atomic E-state index is 12.5. The van der Waals surface area contributed by atoms with Gasteiger partial charge in [0.2, 0.25) is 5.91 Å². The van der Waals surface area contributed by atoms with Crippen molar-refractivity contribution in [2.45, 2.75) is 52.5 Å². The van der Waals surface area contributed by atoms with Crippen LogP contribution in [0.25, 0.3) is 0 Å². The molecular formula is C16H25N3O4. The van der Waals surface area contributed by atoms with Crippen LogP contribution in [0.5, 0.6) is 0 Å². The third kappa shape index (κ3) is 3.71. The first kappa shape index (κ1) is 17.4. The molecule has 7 nitrogen and oxygen atoms in total. The summed E-state index contributed by atoms with van der Waals surface area (Å²) in [5, 5.41) is 2.65. The molecule has 5 amide bonds. The summed E-state index contributed by atoms with van der Waals surface area (Å²) in [6.45, 7) is 5.96. The van der Waals surface area contributed by atoms with Crippen LogP contribution in [0.15, 0.2) is 0 Å². The second kappa shape index (κ2) is 7.10. The van der Waals surface area contributed by atoms with Crippen molar-refractivity contribution in [2.75, 3.05) is 13.1 Å². The van der Waals surface area contributed by atoms with Crippen molar-refractivity contribution in [1.29, 1.82) is 0 Å². The van der Waals surface area contributed by atoms with E-state index in [1.807, 2.05) is 20.8 Å². The van der Waals surface area contributed by atoms with Gasteiger partial charge in [-0.3, -0.25) is 19.3 Å². The molecule has 0 bridgehead atoms. The van der Waals surface area contributed by atoms with E-state index in [2.05, 4.69) is 5.32 Å². The number of nitrogens with one attached hydrogen (secondary N) is 1. The van der Waals surface area contributed by atoms with Crippen molar-refractivity contribution >= 4 is 23.8 Å². The Morgan fingerprint density at radius 3 is 2.43 bits per heavy atom. The molecule has 0 radical (unpaired) electrons. The van der Waals surface area contributed by atoms with Crippen molar-refractivity contribution < 1.29 is 19.2 Å². The third-order valence-electron chi connectivity index (χ3n) is 4.49. The molecule has 1 saturated carbocycles. The quantitative estimate of drug-likeness (QED) is 0.607. The number of urea groups is 1. The summed E-state index contributed by atoms with van der Waals surface area (Å²) in [6.07, 6.45) is 3.67. The van der Waals surface area contributed by atoms with E-state index in [0.29, 0.717) is 6.54 Å². The highest BCUT2D eigenvalue weighted by molar-refractivity contribution is 6.45. The predicted octanol–water partition coefficient (Wildman–Crippen LogP) is 1.13. The number of rotatable bonds is 5. The zero-order chi connectivity index (χ0) is 17.1. The van der Waals surface area contributed by atoms with Crippen LogP contribution in [0, 0.1) is 11.8 Å². The molecule has 1 aliphatic heterocycles. The molecule has 1 saturated heterocycles. The summed E-state index contributed by atoms with van der Waals surface area (Å²) in [4.78, 5) is 50.5. The molecule has 2 rings (SSSR count). The van der Waals surface area contributed by atoms with Crippen LogP contribution < -0.4 is 5.32 Å². The van der Waals surface area contributed by atoms with E-state index in [9.17, 15) is 19.2 Å². The first-order valence-electron chi connectivity index (χ1n) is 8.28. The largest absolute Gasteiger partial charge is 0.354 e. The molecule has 0 aromatic heterocycles. The molecular weight excluding hydrogens is 298 g/mol. The number of hydrogen-bond donors (Lipinski definition) is 1. The van der Waals surface area contributed by atoms with Gasteiger partial charge in [-0.15, -0.1) is 0 Å². The maximum Gasteiger partial charge on any atom is 0.334 e. The predicted molar refractivity (Wildman–Crippen MR) is 83.2 cm³/mol. The number of nitrogens with zero attached hydrogens (tertiary/aromatic N) is 2. The van der Waals surface area contributed by atoms with Gasteiger partial charge in [0.05, 0.1) is 0 Å². The fourth-order valence-electron chi connectivity index (χ4n) is 3.15. The first-order chi connectivity index (χ1) is 10.8. The minimum Gasteiger partial charge on any atom is -0.354 e. The summed E-state index contributed by atoms with van der Waals surface area (Å²) < 4.78 is 0. The Morgan fingerprint density at radius 2 is 1.83 bits per heavy atom. The Kier molecular flexibility index (Phi) is 5.38. The summed E-state index contributed by atoms with van der Waals surface area (Å²) >= 11 is 0. The topological polar surface area (TPSA) is 86.8 Å². The summed E-state index contributed by atoms with van der Waals surface area (Å²) in [6, 6.07) is -0.894. The zero-order valence-electron chi connectivity index (χ0n) is 14.0. The molecule has 1 heterocycles. The van der Waals surface area contributed by atoms with Gasteiger partial charge in [-0.2, -0.15) is 0 Å². The van der Waals surface area contributed by atoms with Gasteiger partial charge < -0.3 is 5.32 Å². The zero-order valence-corrected chi connectivity index (χ0v) is 14.0. The smallest absolute Gasteiger partial charge is 0.334 e. The monoisotopic (exact) mass is 323 g/mol. The van der Waals surface area contributed by atoms with Gasteiger partial charge in [0.25, 0.3) is 0 Å². The molecule has 23 heavy (non-hydrogen) atoms. The second-order valence-corrected chi connectivity index (χ2v) is 6.88. The van der Waals surface area contributed by atoms with Crippen LogP contribution in [0.1, 0.15) is 46.5 Å². The third-order valence-corrected chi connectivity index (χ3v) is 4.49. The number of carbonyl (C=O) groups excluding carboxylic acids is 4. The first-order valence-corrected chi connectivity index (χ1v) is 8.28. The average Bonchev–Trinajstić information content (AvgIpc) is 2.70. The van der Waals surface area contributed by atoms with Crippen LogP contribution in [-0.2, 0) is 14.4 Å². The summed E-state index contributed by atoms with van der Waals surface area (Å²) in [5.74, 6) is -1.67. The molecule has 2 fully saturated rings. The molecule has 0 spiro atoms.